The molecule has 14 heavy (non-hydrogen) atoms. The van der Waals surface area contributed by atoms with Crippen LogP contribution in [0.2, 0.25) is 0 Å². The molecule has 0 unspecified atom stereocenters. The number of nitrogens with zero attached hydrogens (tertiary/aromatic N) is 2. The van der Waals surface area contributed by atoms with E-state index >= 15 is 0 Å². The Hall–Kier alpha value is -1.45. The van der Waals surface area contributed by atoms with Gasteiger partial charge in [-0.1, -0.05) is 19.3 Å². The topological polar surface area (TPSA) is 63.1 Å². The van der Waals surface area contributed by atoms with E-state index < -0.39 is 5.97 Å². The molecule has 1 fully saturated rings. The van der Waals surface area contributed by atoms with Gasteiger partial charge in [0.25, 0.3) is 0 Å². The summed E-state index contributed by atoms with van der Waals surface area (Å²) in [6.07, 6.45) is 6.00. The molecule has 0 spiro atoms. The van der Waals surface area contributed by atoms with Crippen molar-refractivity contribution < 1.29 is 9.90 Å². The van der Waals surface area contributed by atoms with Crippen LogP contribution in [-0.4, -0.2) is 21.0 Å². The zero-order valence-electron chi connectivity index (χ0n) is 7.81. The molecule has 4 heteroatoms. The molecule has 2 rings (SSSR count). The Morgan fingerprint density at radius 3 is 2.86 bits per heavy atom. The van der Waals surface area contributed by atoms with Crippen LogP contribution >= 0.6 is 0 Å². The number of hydrogen-bond donors (Lipinski definition) is 1. The van der Waals surface area contributed by atoms with E-state index in [1.807, 2.05) is 0 Å². The normalized spacial score (nSPS) is 16.3. The van der Waals surface area contributed by atoms with Crippen LogP contribution in [0.25, 0.3) is 0 Å². The Balaban J connectivity index is 2.09. The van der Waals surface area contributed by atoms with E-state index in [4.69, 9.17) is 5.11 Å². The predicted molar refractivity (Wildman–Crippen MR) is 50.0 cm³/mol. The quantitative estimate of drug-likeness (QED) is 0.788. The number of hydrogen-bond acceptors (Lipinski definition) is 3. The van der Waals surface area contributed by atoms with Gasteiger partial charge >= 0.3 is 5.97 Å². The summed E-state index contributed by atoms with van der Waals surface area (Å²) in [5.41, 5.74) is 0.941. The van der Waals surface area contributed by atoms with E-state index in [0.29, 0.717) is 5.92 Å². The molecule has 0 aliphatic heterocycles. The van der Waals surface area contributed by atoms with Gasteiger partial charge in [0.05, 0.1) is 0 Å². The van der Waals surface area contributed by atoms with Crippen molar-refractivity contribution in [3.8, 4) is 0 Å². The first kappa shape index (κ1) is 9.12. The Morgan fingerprint density at radius 2 is 2.29 bits per heavy atom. The van der Waals surface area contributed by atoms with Crippen LogP contribution in [0.3, 0.4) is 0 Å². The van der Waals surface area contributed by atoms with E-state index in [9.17, 15) is 4.79 Å². The SMILES string of the molecule is O=C(O)c1cc(CC2CCC2)ncn1. The molecule has 1 aliphatic carbocycles. The monoisotopic (exact) mass is 192 g/mol. The van der Waals surface area contributed by atoms with Gasteiger partial charge in [-0.2, -0.15) is 0 Å². The summed E-state index contributed by atoms with van der Waals surface area (Å²) in [7, 11) is 0. The lowest BCUT2D eigenvalue weighted by atomic mass is 9.82. The smallest absolute Gasteiger partial charge is 0.354 e. The Kier molecular flexibility index (Phi) is 2.43. The van der Waals surface area contributed by atoms with E-state index in [-0.39, 0.29) is 5.69 Å². The molecule has 1 N–H and O–H groups in total. The van der Waals surface area contributed by atoms with Gasteiger partial charge in [-0.05, 0) is 18.4 Å². The highest BCUT2D eigenvalue weighted by Crippen LogP contribution is 2.29. The van der Waals surface area contributed by atoms with E-state index in [1.165, 1.54) is 25.6 Å². The minimum Gasteiger partial charge on any atom is -0.477 e. The summed E-state index contributed by atoms with van der Waals surface area (Å²) in [4.78, 5) is 18.4. The lowest BCUT2D eigenvalue weighted by Gasteiger charge is -2.24. The molecule has 0 amide bonds. The Labute approximate surface area is 82.0 Å². The van der Waals surface area contributed by atoms with Gasteiger partial charge in [-0.15, -0.1) is 0 Å². The first-order chi connectivity index (χ1) is 6.75. The summed E-state index contributed by atoms with van der Waals surface area (Å²) in [5, 5.41) is 8.72. The average Bonchev–Trinajstić information content (AvgIpc) is 2.12. The molecule has 1 saturated carbocycles. The summed E-state index contributed by atoms with van der Waals surface area (Å²) >= 11 is 0. The largest absolute Gasteiger partial charge is 0.477 e. The molecular formula is C10H12N2O2. The van der Waals surface area contributed by atoms with Crippen LogP contribution in [0.4, 0.5) is 0 Å². The van der Waals surface area contributed by atoms with Gasteiger partial charge < -0.3 is 5.11 Å². The van der Waals surface area contributed by atoms with Crippen molar-refractivity contribution in [2.75, 3.05) is 0 Å². The fourth-order valence-electron chi connectivity index (χ4n) is 1.62. The lowest BCUT2D eigenvalue weighted by molar-refractivity contribution is 0.0690. The Bertz CT molecular complexity index is 348. The number of rotatable bonds is 3. The molecule has 1 aromatic rings. The average molecular weight is 192 g/mol. The lowest BCUT2D eigenvalue weighted by Crippen LogP contribution is -2.15. The number of carboxylic acid groups (broad SMARTS) is 1. The van der Waals surface area contributed by atoms with Gasteiger partial charge in [0.2, 0.25) is 0 Å². The third kappa shape index (κ3) is 1.89. The van der Waals surface area contributed by atoms with Crippen LogP contribution < -0.4 is 0 Å². The van der Waals surface area contributed by atoms with Gasteiger partial charge in [-0.3, -0.25) is 0 Å². The zero-order valence-corrected chi connectivity index (χ0v) is 7.81. The second-order valence-corrected chi connectivity index (χ2v) is 3.70. The number of aromatic nitrogens is 2. The van der Waals surface area contributed by atoms with Crippen molar-refractivity contribution >= 4 is 5.97 Å². The van der Waals surface area contributed by atoms with E-state index in [0.717, 1.165) is 12.1 Å². The first-order valence-electron chi connectivity index (χ1n) is 4.80. The molecule has 1 aliphatic rings. The summed E-state index contributed by atoms with van der Waals surface area (Å²) in [6, 6.07) is 1.57. The zero-order chi connectivity index (χ0) is 9.97. The van der Waals surface area contributed by atoms with Crippen LogP contribution in [0.15, 0.2) is 12.4 Å². The maximum absolute atomic E-state index is 10.6. The maximum Gasteiger partial charge on any atom is 0.354 e. The van der Waals surface area contributed by atoms with Crippen molar-refractivity contribution in [1.29, 1.82) is 0 Å². The molecule has 0 radical (unpaired) electrons. The molecule has 0 aromatic carbocycles. The van der Waals surface area contributed by atoms with Gasteiger partial charge in [0.15, 0.2) is 5.69 Å². The molecular weight excluding hydrogens is 180 g/mol. The van der Waals surface area contributed by atoms with Crippen LogP contribution in [0, 0.1) is 5.92 Å². The predicted octanol–water partition coefficient (Wildman–Crippen LogP) is 1.52. The minimum absolute atomic E-state index is 0.0920. The van der Waals surface area contributed by atoms with E-state index in [1.54, 1.807) is 6.07 Å². The number of carboxylic acids is 1. The molecule has 0 bridgehead atoms. The van der Waals surface area contributed by atoms with Gasteiger partial charge in [-0.25, -0.2) is 14.8 Å². The van der Waals surface area contributed by atoms with Crippen molar-refractivity contribution in [1.82, 2.24) is 9.97 Å². The van der Waals surface area contributed by atoms with E-state index in [2.05, 4.69) is 9.97 Å². The number of aromatic carboxylic acids is 1. The van der Waals surface area contributed by atoms with Gasteiger partial charge in [0.1, 0.15) is 6.33 Å². The van der Waals surface area contributed by atoms with Crippen molar-refractivity contribution in [3.05, 3.63) is 23.8 Å². The third-order valence-electron chi connectivity index (χ3n) is 2.67. The maximum atomic E-state index is 10.6. The molecule has 4 nitrogen and oxygen atoms in total. The van der Waals surface area contributed by atoms with Crippen LogP contribution in [-0.2, 0) is 6.42 Å². The fourth-order valence-corrected chi connectivity index (χ4v) is 1.62. The Morgan fingerprint density at radius 1 is 1.50 bits per heavy atom. The van der Waals surface area contributed by atoms with Crippen molar-refractivity contribution in [2.45, 2.75) is 25.7 Å². The fraction of sp³-hybridized carbons (Fsp3) is 0.500. The first-order valence-corrected chi connectivity index (χ1v) is 4.80. The molecule has 1 aromatic heterocycles. The molecule has 1 heterocycles. The third-order valence-corrected chi connectivity index (χ3v) is 2.67. The van der Waals surface area contributed by atoms with Crippen LogP contribution in [0.1, 0.15) is 35.4 Å². The minimum atomic E-state index is -0.984. The summed E-state index contributed by atoms with van der Waals surface area (Å²) in [6.45, 7) is 0. The standard InChI is InChI=1S/C10H12N2O2/c13-10(14)9-5-8(11-6-12-9)4-7-2-1-3-7/h5-7H,1-4H2,(H,13,14). The van der Waals surface area contributed by atoms with Crippen molar-refractivity contribution in [3.63, 3.8) is 0 Å². The highest BCUT2D eigenvalue weighted by molar-refractivity contribution is 5.85. The number of carbonyl (C=O) groups is 1. The second-order valence-electron chi connectivity index (χ2n) is 3.70. The summed E-state index contributed by atoms with van der Waals surface area (Å²) in [5.74, 6) is -0.284. The van der Waals surface area contributed by atoms with Crippen LogP contribution in [0.5, 0.6) is 0 Å². The molecule has 0 saturated heterocycles. The highest BCUT2D eigenvalue weighted by Gasteiger charge is 2.18. The van der Waals surface area contributed by atoms with Gasteiger partial charge in [0, 0.05) is 5.69 Å². The van der Waals surface area contributed by atoms with Crippen molar-refractivity contribution in [2.24, 2.45) is 5.92 Å². The molecule has 0 atom stereocenters. The summed E-state index contributed by atoms with van der Waals surface area (Å²) < 4.78 is 0. The highest BCUT2D eigenvalue weighted by atomic mass is 16.4. The second kappa shape index (κ2) is 3.74. The molecule has 74 valence electrons.